The van der Waals surface area contributed by atoms with Gasteiger partial charge in [-0.15, -0.1) is 0 Å². The number of hydrogen-bond acceptors (Lipinski definition) is 5. The lowest BCUT2D eigenvalue weighted by Crippen LogP contribution is -2.18. The summed E-state index contributed by atoms with van der Waals surface area (Å²) in [5.74, 6) is -3.55. The number of esters is 2. The van der Waals surface area contributed by atoms with Crippen molar-refractivity contribution < 1.29 is 29.0 Å². The SMILES string of the molecule is COC(=O)c1cccc(C(C)C(=O)O)c1C(=O)OC. The van der Waals surface area contributed by atoms with Gasteiger partial charge in [-0.1, -0.05) is 12.1 Å². The van der Waals surface area contributed by atoms with Crippen LogP contribution in [0.4, 0.5) is 0 Å². The van der Waals surface area contributed by atoms with Gasteiger partial charge < -0.3 is 14.6 Å². The lowest BCUT2D eigenvalue weighted by molar-refractivity contribution is -0.138. The summed E-state index contributed by atoms with van der Waals surface area (Å²) in [6, 6.07) is 4.35. The molecule has 0 amide bonds. The number of methoxy groups -OCH3 is 2. The average Bonchev–Trinajstić information content (AvgIpc) is 2.43. The molecule has 0 aliphatic heterocycles. The molecule has 1 N–H and O–H groups in total. The van der Waals surface area contributed by atoms with Crippen molar-refractivity contribution in [3.05, 3.63) is 34.9 Å². The van der Waals surface area contributed by atoms with Gasteiger partial charge in [0, 0.05) is 0 Å². The standard InChI is InChI=1S/C13H14O6/c1-7(11(14)15)8-5-4-6-9(12(16)18-2)10(8)13(17)19-3/h4-7H,1-3H3,(H,14,15). The van der Waals surface area contributed by atoms with Crippen molar-refractivity contribution >= 4 is 17.9 Å². The maximum absolute atomic E-state index is 11.8. The molecular formula is C13H14O6. The summed E-state index contributed by atoms with van der Waals surface area (Å²) >= 11 is 0. The molecule has 19 heavy (non-hydrogen) atoms. The molecule has 0 saturated carbocycles. The van der Waals surface area contributed by atoms with E-state index in [2.05, 4.69) is 9.47 Å². The monoisotopic (exact) mass is 266 g/mol. The summed E-state index contributed by atoms with van der Waals surface area (Å²) in [4.78, 5) is 34.4. The van der Waals surface area contributed by atoms with Crippen molar-refractivity contribution in [2.45, 2.75) is 12.8 Å². The van der Waals surface area contributed by atoms with Gasteiger partial charge in [-0.3, -0.25) is 4.79 Å². The molecule has 0 aromatic heterocycles. The van der Waals surface area contributed by atoms with Crippen LogP contribution in [0.3, 0.4) is 0 Å². The molecule has 1 aromatic rings. The summed E-state index contributed by atoms with van der Waals surface area (Å²) < 4.78 is 9.18. The third-order valence-corrected chi connectivity index (χ3v) is 2.73. The minimum Gasteiger partial charge on any atom is -0.481 e. The number of carboxylic acids is 1. The van der Waals surface area contributed by atoms with E-state index in [4.69, 9.17) is 5.11 Å². The lowest BCUT2D eigenvalue weighted by atomic mass is 9.92. The van der Waals surface area contributed by atoms with Crippen LogP contribution in [-0.4, -0.2) is 37.2 Å². The van der Waals surface area contributed by atoms with Crippen molar-refractivity contribution in [1.29, 1.82) is 0 Å². The number of ether oxygens (including phenoxy) is 2. The predicted octanol–water partition coefficient (Wildman–Crippen LogP) is 1.45. The Morgan fingerprint density at radius 1 is 1.11 bits per heavy atom. The van der Waals surface area contributed by atoms with Gasteiger partial charge >= 0.3 is 17.9 Å². The fraction of sp³-hybridized carbons (Fsp3) is 0.308. The smallest absolute Gasteiger partial charge is 0.339 e. The molecule has 0 aliphatic rings. The van der Waals surface area contributed by atoms with Crippen LogP contribution in [-0.2, 0) is 14.3 Å². The molecule has 102 valence electrons. The quantitative estimate of drug-likeness (QED) is 0.829. The summed E-state index contributed by atoms with van der Waals surface area (Å²) in [5.41, 5.74) is 0.119. The Kier molecular flexibility index (Phi) is 4.63. The molecule has 0 saturated heterocycles. The first-order valence-corrected chi connectivity index (χ1v) is 5.46. The third-order valence-electron chi connectivity index (χ3n) is 2.73. The number of carbonyl (C=O) groups is 3. The fourth-order valence-electron chi connectivity index (χ4n) is 1.67. The Bertz CT molecular complexity index is 520. The van der Waals surface area contributed by atoms with Crippen LogP contribution >= 0.6 is 0 Å². The first-order valence-electron chi connectivity index (χ1n) is 5.46. The van der Waals surface area contributed by atoms with Crippen LogP contribution < -0.4 is 0 Å². The van der Waals surface area contributed by atoms with Gasteiger partial charge in [0.2, 0.25) is 0 Å². The Balaban J connectivity index is 3.51. The number of rotatable bonds is 4. The van der Waals surface area contributed by atoms with Gasteiger partial charge in [-0.25, -0.2) is 9.59 Å². The van der Waals surface area contributed by atoms with E-state index in [-0.39, 0.29) is 16.7 Å². The highest BCUT2D eigenvalue weighted by Gasteiger charge is 2.27. The van der Waals surface area contributed by atoms with Crippen LogP contribution in [0.25, 0.3) is 0 Å². The molecule has 1 unspecified atom stereocenters. The molecular weight excluding hydrogens is 252 g/mol. The van der Waals surface area contributed by atoms with Gasteiger partial charge in [0.05, 0.1) is 31.3 Å². The molecule has 0 heterocycles. The summed E-state index contributed by atoms with van der Waals surface area (Å²) in [6.07, 6.45) is 0. The van der Waals surface area contributed by atoms with Crippen molar-refractivity contribution in [1.82, 2.24) is 0 Å². The molecule has 6 heteroatoms. The molecule has 0 bridgehead atoms. The number of carbonyl (C=O) groups excluding carboxylic acids is 2. The van der Waals surface area contributed by atoms with Gasteiger partial charge in [0.1, 0.15) is 0 Å². The molecule has 0 aliphatic carbocycles. The maximum Gasteiger partial charge on any atom is 0.339 e. The molecule has 1 aromatic carbocycles. The van der Waals surface area contributed by atoms with Crippen LogP contribution in [0, 0.1) is 0 Å². The minimum atomic E-state index is -1.10. The van der Waals surface area contributed by atoms with Crippen molar-refractivity contribution in [2.75, 3.05) is 14.2 Å². The van der Waals surface area contributed by atoms with E-state index in [1.165, 1.54) is 32.2 Å². The lowest BCUT2D eigenvalue weighted by Gasteiger charge is -2.14. The van der Waals surface area contributed by atoms with E-state index >= 15 is 0 Å². The summed E-state index contributed by atoms with van der Waals surface area (Å²) in [5, 5.41) is 9.03. The first kappa shape index (κ1) is 14.7. The van der Waals surface area contributed by atoms with Crippen LogP contribution in [0.2, 0.25) is 0 Å². The van der Waals surface area contributed by atoms with E-state index in [9.17, 15) is 14.4 Å². The number of aliphatic carboxylic acids is 1. The second-order valence-electron chi connectivity index (χ2n) is 3.81. The molecule has 1 rings (SSSR count). The molecule has 0 spiro atoms. The van der Waals surface area contributed by atoms with Crippen molar-refractivity contribution in [3.63, 3.8) is 0 Å². The zero-order chi connectivity index (χ0) is 14.6. The fourth-order valence-corrected chi connectivity index (χ4v) is 1.67. The minimum absolute atomic E-state index is 0.0139. The zero-order valence-corrected chi connectivity index (χ0v) is 10.8. The third kappa shape index (κ3) is 2.90. The van der Waals surface area contributed by atoms with E-state index in [1.807, 2.05) is 0 Å². The highest BCUT2D eigenvalue weighted by atomic mass is 16.5. The Morgan fingerprint density at radius 2 is 1.68 bits per heavy atom. The Hall–Kier alpha value is -2.37. The second kappa shape index (κ2) is 5.99. The maximum atomic E-state index is 11.8. The summed E-state index contributed by atoms with van der Waals surface area (Å²) in [7, 11) is 2.34. The van der Waals surface area contributed by atoms with E-state index in [1.54, 1.807) is 0 Å². The average molecular weight is 266 g/mol. The molecule has 0 radical (unpaired) electrons. The highest BCUT2D eigenvalue weighted by molar-refractivity contribution is 6.05. The second-order valence-corrected chi connectivity index (χ2v) is 3.81. The van der Waals surface area contributed by atoms with Crippen LogP contribution in [0.15, 0.2) is 18.2 Å². The van der Waals surface area contributed by atoms with Crippen LogP contribution in [0.5, 0.6) is 0 Å². The van der Waals surface area contributed by atoms with E-state index in [0.29, 0.717) is 0 Å². The molecule has 6 nitrogen and oxygen atoms in total. The van der Waals surface area contributed by atoms with E-state index in [0.717, 1.165) is 7.11 Å². The zero-order valence-electron chi connectivity index (χ0n) is 10.8. The normalized spacial score (nSPS) is 11.5. The Labute approximate surface area is 109 Å². The van der Waals surface area contributed by atoms with Gasteiger partial charge in [-0.05, 0) is 18.6 Å². The molecule has 0 fully saturated rings. The number of carboxylic acid groups (broad SMARTS) is 1. The van der Waals surface area contributed by atoms with Crippen molar-refractivity contribution in [3.8, 4) is 0 Å². The highest BCUT2D eigenvalue weighted by Crippen LogP contribution is 2.24. The van der Waals surface area contributed by atoms with E-state index < -0.39 is 23.8 Å². The molecule has 1 atom stereocenters. The number of benzene rings is 1. The largest absolute Gasteiger partial charge is 0.481 e. The van der Waals surface area contributed by atoms with Crippen molar-refractivity contribution in [2.24, 2.45) is 0 Å². The van der Waals surface area contributed by atoms with Gasteiger partial charge in [-0.2, -0.15) is 0 Å². The Morgan fingerprint density at radius 3 is 2.16 bits per heavy atom. The predicted molar refractivity (Wildman–Crippen MR) is 65.2 cm³/mol. The van der Waals surface area contributed by atoms with Crippen LogP contribution in [0.1, 0.15) is 39.1 Å². The van der Waals surface area contributed by atoms with Gasteiger partial charge in [0.25, 0.3) is 0 Å². The topological polar surface area (TPSA) is 89.9 Å². The first-order chi connectivity index (χ1) is 8.93. The number of hydrogen-bond donors (Lipinski definition) is 1. The van der Waals surface area contributed by atoms with Gasteiger partial charge in [0.15, 0.2) is 0 Å². The summed E-state index contributed by atoms with van der Waals surface area (Å²) in [6.45, 7) is 1.42.